The molecular formula is C11H21N3O2. The fraction of sp³-hybridized carbons (Fsp3) is 0.818. The molecule has 0 bridgehead atoms. The lowest BCUT2D eigenvalue weighted by atomic mass is 10.0. The van der Waals surface area contributed by atoms with E-state index in [0.717, 1.165) is 13.0 Å². The number of nitrogens with zero attached hydrogens (tertiary/aromatic N) is 2. The maximum Gasteiger partial charge on any atom is 0.242 e. The second-order valence-electron chi connectivity index (χ2n) is 4.77. The SMILES string of the molecule is CNC(C)(C)C(=O)N1CCCN(C)C(=O)C1. The van der Waals surface area contributed by atoms with Crippen molar-refractivity contribution in [1.82, 2.24) is 15.1 Å². The van der Waals surface area contributed by atoms with Gasteiger partial charge in [-0.2, -0.15) is 0 Å². The largest absolute Gasteiger partial charge is 0.344 e. The lowest BCUT2D eigenvalue weighted by Crippen LogP contribution is -2.54. The first-order valence-corrected chi connectivity index (χ1v) is 5.60. The molecule has 16 heavy (non-hydrogen) atoms. The average molecular weight is 227 g/mol. The van der Waals surface area contributed by atoms with Crippen molar-refractivity contribution in [2.45, 2.75) is 25.8 Å². The standard InChI is InChI=1S/C11H21N3O2/c1-11(2,12-3)10(16)14-7-5-6-13(4)9(15)8-14/h12H,5-8H2,1-4H3. The third-order valence-electron chi connectivity index (χ3n) is 3.12. The summed E-state index contributed by atoms with van der Waals surface area (Å²) in [6.07, 6.45) is 0.841. The molecule has 1 N–H and O–H groups in total. The lowest BCUT2D eigenvalue weighted by molar-refractivity contribution is -0.141. The summed E-state index contributed by atoms with van der Waals surface area (Å²) in [4.78, 5) is 27.1. The first kappa shape index (κ1) is 13.0. The summed E-state index contributed by atoms with van der Waals surface area (Å²) in [5, 5.41) is 2.97. The Hall–Kier alpha value is -1.10. The molecule has 1 heterocycles. The fourth-order valence-corrected chi connectivity index (χ4v) is 1.66. The topological polar surface area (TPSA) is 52.7 Å². The Morgan fingerprint density at radius 1 is 1.38 bits per heavy atom. The third-order valence-corrected chi connectivity index (χ3v) is 3.12. The van der Waals surface area contributed by atoms with E-state index in [0.29, 0.717) is 6.54 Å². The maximum absolute atomic E-state index is 12.1. The highest BCUT2D eigenvalue weighted by Crippen LogP contribution is 2.10. The van der Waals surface area contributed by atoms with Crippen molar-refractivity contribution >= 4 is 11.8 Å². The maximum atomic E-state index is 12.1. The third kappa shape index (κ3) is 2.72. The van der Waals surface area contributed by atoms with Crippen LogP contribution in [0.5, 0.6) is 0 Å². The van der Waals surface area contributed by atoms with Crippen LogP contribution in [-0.4, -0.2) is 60.9 Å². The van der Waals surface area contributed by atoms with Gasteiger partial charge in [-0.05, 0) is 27.3 Å². The number of rotatable bonds is 2. The highest BCUT2D eigenvalue weighted by atomic mass is 16.2. The van der Waals surface area contributed by atoms with Crippen LogP contribution in [0.2, 0.25) is 0 Å². The molecule has 0 radical (unpaired) electrons. The number of nitrogens with one attached hydrogen (secondary N) is 1. The zero-order chi connectivity index (χ0) is 12.3. The molecule has 1 aliphatic heterocycles. The van der Waals surface area contributed by atoms with Crippen molar-refractivity contribution in [3.63, 3.8) is 0 Å². The summed E-state index contributed by atoms with van der Waals surface area (Å²) < 4.78 is 0. The Kier molecular flexibility index (Phi) is 3.91. The predicted molar refractivity (Wildman–Crippen MR) is 62.0 cm³/mol. The number of carbonyl (C=O) groups is 2. The normalized spacial score (nSPS) is 18.6. The molecule has 5 heteroatoms. The quantitative estimate of drug-likeness (QED) is 0.703. The number of amides is 2. The van der Waals surface area contributed by atoms with Gasteiger partial charge in [0.2, 0.25) is 11.8 Å². The summed E-state index contributed by atoms with van der Waals surface area (Å²) in [5.74, 6) is -0.00333. The molecule has 0 aromatic rings. The van der Waals surface area contributed by atoms with Gasteiger partial charge in [0.15, 0.2) is 0 Å². The molecule has 1 rings (SSSR count). The molecule has 2 amide bonds. The van der Waals surface area contributed by atoms with Gasteiger partial charge in [0.05, 0.1) is 12.1 Å². The van der Waals surface area contributed by atoms with Crippen LogP contribution in [0.15, 0.2) is 0 Å². The van der Waals surface area contributed by atoms with Crippen LogP contribution < -0.4 is 5.32 Å². The van der Waals surface area contributed by atoms with Gasteiger partial charge in [-0.25, -0.2) is 0 Å². The molecule has 1 saturated heterocycles. The van der Waals surface area contributed by atoms with E-state index in [1.807, 2.05) is 13.8 Å². The van der Waals surface area contributed by atoms with Gasteiger partial charge in [0.1, 0.15) is 0 Å². The van der Waals surface area contributed by atoms with Crippen molar-refractivity contribution in [2.75, 3.05) is 33.7 Å². The van der Waals surface area contributed by atoms with Gasteiger partial charge in [0, 0.05) is 20.1 Å². The fourth-order valence-electron chi connectivity index (χ4n) is 1.66. The van der Waals surface area contributed by atoms with Crippen molar-refractivity contribution in [3.05, 3.63) is 0 Å². The number of likely N-dealkylation sites (N-methyl/N-ethyl adjacent to an activating group) is 2. The zero-order valence-corrected chi connectivity index (χ0v) is 10.5. The highest BCUT2D eigenvalue weighted by Gasteiger charge is 2.32. The van der Waals surface area contributed by atoms with Crippen LogP contribution in [0.25, 0.3) is 0 Å². The van der Waals surface area contributed by atoms with E-state index in [9.17, 15) is 9.59 Å². The van der Waals surface area contributed by atoms with Crippen LogP contribution in [0.1, 0.15) is 20.3 Å². The van der Waals surface area contributed by atoms with Crippen molar-refractivity contribution in [1.29, 1.82) is 0 Å². The summed E-state index contributed by atoms with van der Waals surface area (Å²) in [5.41, 5.74) is -0.608. The Morgan fingerprint density at radius 3 is 2.56 bits per heavy atom. The molecule has 92 valence electrons. The van der Waals surface area contributed by atoms with Crippen LogP contribution in [-0.2, 0) is 9.59 Å². The second kappa shape index (κ2) is 4.82. The lowest BCUT2D eigenvalue weighted by Gasteiger charge is -2.30. The van der Waals surface area contributed by atoms with Gasteiger partial charge in [-0.15, -0.1) is 0 Å². The van der Waals surface area contributed by atoms with Crippen LogP contribution in [0.3, 0.4) is 0 Å². The summed E-state index contributed by atoms with van der Waals surface area (Å²) in [6, 6.07) is 0. The first-order chi connectivity index (χ1) is 7.38. The summed E-state index contributed by atoms with van der Waals surface area (Å²) in [6.45, 7) is 5.23. The second-order valence-corrected chi connectivity index (χ2v) is 4.77. The molecule has 5 nitrogen and oxygen atoms in total. The molecule has 0 aromatic heterocycles. The number of hydrogen-bond acceptors (Lipinski definition) is 3. The van der Waals surface area contributed by atoms with E-state index in [2.05, 4.69) is 5.32 Å². The predicted octanol–water partition coefficient (Wildman–Crippen LogP) is -0.325. The summed E-state index contributed by atoms with van der Waals surface area (Å²) in [7, 11) is 3.53. The van der Waals surface area contributed by atoms with Gasteiger partial charge < -0.3 is 15.1 Å². The Bertz CT molecular complexity index is 289. The Morgan fingerprint density at radius 2 is 2.00 bits per heavy atom. The molecule has 1 aliphatic rings. The van der Waals surface area contributed by atoms with Gasteiger partial charge in [-0.3, -0.25) is 9.59 Å². The van der Waals surface area contributed by atoms with E-state index >= 15 is 0 Å². The van der Waals surface area contributed by atoms with Crippen LogP contribution in [0, 0.1) is 0 Å². The van der Waals surface area contributed by atoms with Gasteiger partial charge >= 0.3 is 0 Å². The minimum atomic E-state index is -0.608. The number of hydrogen-bond donors (Lipinski definition) is 1. The van der Waals surface area contributed by atoms with E-state index in [1.165, 1.54) is 0 Å². The molecule has 0 spiro atoms. The monoisotopic (exact) mass is 227 g/mol. The number of carbonyl (C=O) groups excluding carboxylic acids is 2. The first-order valence-electron chi connectivity index (χ1n) is 5.60. The molecular weight excluding hydrogens is 206 g/mol. The van der Waals surface area contributed by atoms with E-state index in [1.54, 1.807) is 23.9 Å². The highest BCUT2D eigenvalue weighted by molar-refractivity contribution is 5.90. The molecule has 0 aromatic carbocycles. The molecule has 0 atom stereocenters. The van der Waals surface area contributed by atoms with Crippen molar-refractivity contribution in [3.8, 4) is 0 Å². The molecule has 0 unspecified atom stereocenters. The van der Waals surface area contributed by atoms with Crippen LogP contribution >= 0.6 is 0 Å². The smallest absolute Gasteiger partial charge is 0.242 e. The van der Waals surface area contributed by atoms with Crippen LogP contribution in [0.4, 0.5) is 0 Å². The van der Waals surface area contributed by atoms with E-state index in [-0.39, 0.29) is 18.4 Å². The summed E-state index contributed by atoms with van der Waals surface area (Å²) >= 11 is 0. The van der Waals surface area contributed by atoms with Crippen molar-refractivity contribution in [2.24, 2.45) is 0 Å². The van der Waals surface area contributed by atoms with Gasteiger partial charge in [-0.1, -0.05) is 0 Å². The minimum absolute atomic E-state index is 0.0118. The van der Waals surface area contributed by atoms with Crippen molar-refractivity contribution < 1.29 is 9.59 Å². The molecule has 0 saturated carbocycles. The van der Waals surface area contributed by atoms with E-state index in [4.69, 9.17) is 0 Å². The van der Waals surface area contributed by atoms with Gasteiger partial charge in [0.25, 0.3) is 0 Å². The zero-order valence-electron chi connectivity index (χ0n) is 10.5. The Balaban J connectivity index is 2.73. The minimum Gasteiger partial charge on any atom is -0.344 e. The molecule has 1 fully saturated rings. The Labute approximate surface area is 96.8 Å². The average Bonchev–Trinajstić information content (AvgIpc) is 2.41. The van der Waals surface area contributed by atoms with E-state index < -0.39 is 5.54 Å². The molecule has 0 aliphatic carbocycles.